The average Bonchev–Trinajstić information content (AvgIpc) is 2.62. The van der Waals surface area contributed by atoms with Crippen LogP contribution in [0, 0.1) is 20.2 Å². The molecule has 1 fully saturated rings. The summed E-state index contributed by atoms with van der Waals surface area (Å²) in [7, 11) is 0. The maximum Gasteiger partial charge on any atom is 0.289 e. The van der Waals surface area contributed by atoms with Gasteiger partial charge in [0.1, 0.15) is 29.9 Å². The number of hydrogen-bond acceptors (Lipinski definition) is 11. The van der Waals surface area contributed by atoms with E-state index in [1.54, 1.807) is 6.92 Å². The van der Waals surface area contributed by atoms with E-state index in [1.165, 1.54) is 6.07 Å². The van der Waals surface area contributed by atoms with Crippen LogP contribution < -0.4 is 0 Å². The first-order chi connectivity index (χ1) is 12.7. The number of ether oxygens (including phenoxy) is 1. The zero-order valence-corrected chi connectivity index (χ0v) is 15.6. The number of aliphatic hydroxyl groups excluding tert-OH is 4. The van der Waals surface area contributed by atoms with Crippen molar-refractivity contribution in [2.75, 3.05) is 12.4 Å². The monoisotopic (exact) mass is 422 g/mol. The standard InChI is InChI=1S/C14H18N2O9S2/c1-2-26-9-4-10(7(16(23)24)3-6(9)15(21)22)27-14-13(20)12(19)11(18)8(5-17)25-14/h3-4,8,11-14,17-20H,2,5H2,1H3/t8-,11+,12+,13-,14+/m1/s1. The lowest BCUT2D eigenvalue weighted by atomic mass is 10.0. The van der Waals surface area contributed by atoms with Gasteiger partial charge in [0.05, 0.1) is 32.3 Å². The van der Waals surface area contributed by atoms with E-state index in [-0.39, 0.29) is 9.79 Å². The van der Waals surface area contributed by atoms with Crippen LogP contribution in [-0.4, -0.2) is 72.5 Å². The number of nitrogens with zero attached hydrogens (tertiary/aromatic N) is 2. The smallest absolute Gasteiger partial charge is 0.289 e. The second-order valence-electron chi connectivity index (χ2n) is 5.55. The average molecular weight is 422 g/mol. The summed E-state index contributed by atoms with van der Waals surface area (Å²) in [5, 5.41) is 61.5. The summed E-state index contributed by atoms with van der Waals surface area (Å²) in [5.41, 5.74) is -2.20. The van der Waals surface area contributed by atoms with E-state index in [2.05, 4.69) is 0 Å². The first-order valence-corrected chi connectivity index (χ1v) is 9.64. The fraction of sp³-hybridized carbons (Fsp3) is 0.571. The lowest BCUT2D eigenvalue weighted by Crippen LogP contribution is -2.57. The van der Waals surface area contributed by atoms with E-state index in [0.717, 1.165) is 17.8 Å². The molecule has 1 aliphatic rings. The summed E-state index contributed by atoms with van der Waals surface area (Å²) in [5.74, 6) is 0.489. The molecule has 1 aromatic carbocycles. The number of rotatable bonds is 7. The molecule has 5 atom stereocenters. The predicted molar refractivity (Wildman–Crippen MR) is 95.8 cm³/mol. The number of aliphatic hydroxyl groups is 4. The maximum absolute atomic E-state index is 11.4. The van der Waals surface area contributed by atoms with Gasteiger partial charge in [0, 0.05) is 0 Å². The third kappa shape index (κ3) is 4.68. The summed E-state index contributed by atoms with van der Waals surface area (Å²) in [6.07, 6.45) is -5.94. The molecule has 0 aromatic heterocycles. The Hall–Kier alpha value is -1.48. The summed E-state index contributed by atoms with van der Waals surface area (Å²) in [6, 6.07) is 2.10. The third-order valence-corrected chi connectivity index (χ3v) is 5.96. The SMILES string of the molecule is CCSc1cc(S[C@@H]2O[C@H](CO)[C@H](O)[C@H](O)[C@H]2O)c([N+](=O)[O-])cc1[N+](=O)[O-]. The molecule has 2 rings (SSSR count). The van der Waals surface area contributed by atoms with E-state index in [1.807, 2.05) is 0 Å². The second-order valence-corrected chi connectivity index (χ2v) is 8.00. The maximum atomic E-state index is 11.4. The van der Waals surface area contributed by atoms with Crippen molar-refractivity contribution < 1.29 is 35.0 Å². The quantitative estimate of drug-likeness (QED) is 0.273. The topological polar surface area (TPSA) is 176 Å². The molecule has 1 aromatic rings. The molecular weight excluding hydrogens is 404 g/mol. The predicted octanol–water partition coefficient (Wildman–Crippen LogP) is 0.507. The highest BCUT2D eigenvalue weighted by Crippen LogP contribution is 2.43. The van der Waals surface area contributed by atoms with Gasteiger partial charge in [0.25, 0.3) is 11.4 Å². The molecule has 0 spiro atoms. The molecule has 0 bridgehead atoms. The van der Waals surface area contributed by atoms with Crippen LogP contribution in [0.3, 0.4) is 0 Å². The minimum absolute atomic E-state index is 0.00844. The van der Waals surface area contributed by atoms with Crippen LogP contribution >= 0.6 is 23.5 Å². The second kappa shape index (κ2) is 9.14. The Labute approximate surface area is 161 Å². The summed E-state index contributed by atoms with van der Waals surface area (Å²) >= 11 is 1.80. The summed E-state index contributed by atoms with van der Waals surface area (Å²) in [6.45, 7) is 1.13. The molecule has 27 heavy (non-hydrogen) atoms. The van der Waals surface area contributed by atoms with Gasteiger partial charge in [0.15, 0.2) is 0 Å². The minimum Gasteiger partial charge on any atom is -0.394 e. The van der Waals surface area contributed by atoms with Crippen LogP contribution in [-0.2, 0) is 4.74 Å². The molecule has 1 saturated heterocycles. The van der Waals surface area contributed by atoms with Crippen molar-refractivity contribution in [2.24, 2.45) is 0 Å². The normalized spacial score (nSPS) is 28.1. The van der Waals surface area contributed by atoms with Crippen molar-refractivity contribution in [3.8, 4) is 0 Å². The van der Waals surface area contributed by atoms with Crippen molar-refractivity contribution in [1.29, 1.82) is 0 Å². The number of hydrogen-bond donors (Lipinski definition) is 4. The molecule has 13 heteroatoms. The van der Waals surface area contributed by atoms with Crippen molar-refractivity contribution >= 4 is 34.9 Å². The molecule has 0 unspecified atom stereocenters. The van der Waals surface area contributed by atoms with E-state index in [0.29, 0.717) is 17.5 Å². The zero-order chi connectivity index (χ0) is 20.3. The molecule has 0 radical (unpaired) electrons. The van der Waals surface area contributed by atoms with Crippen LogP contribution in [0.15, 0.2) is 21.9 Å². The summed E-state index contributed by atoms with van der Waals surface area (Å²) < 4.78 is 5.34. The van der Waals surface area contributed by atoms with Crippen LogP contribution in [0.1, 0.15) is 6.92 Å². The lowest BCUT2D eigenvalue weighted by Gasteiger charge is -2.39. The van der Waals surface area contributed by atoms with Gasteiger partial charge in [-0.1, -0.05) is 18.7 Å². The third-order valence-electron chi connectivity index (χ3n) is 3.83. The Bertz CT molecular complexity index is 718. The highest BCUT2D eigenvalue weighted by Gasteiger charge is 2.44. The van der Waals surface area contributed by atoms with Crippen molar-refractivity contribution in [1.82, 2.24) is 0 Å². The first kappa shape index (κ1) is 21.8. The largest absolute Gasteiger partial charge is 0.394 e. The molecule has 1 heterocycles. The van der Waals surface area contributed by atoms with Gasteiger partial charge < -0.3 is 25.2 Å². The molecule has 0 saturated carbocycles. The van der Waals surface area contributed by atoms with Crippen LogP contribution in [0.5, 0.6) is 0 Å². The minimum atomic E-state index is -1.63. The van der Waals surface area contributed by atoms with Crippen LogP contribution in [0.4, 0.5) is 11.4 Å². The Morgan fingerprint density at radius 3 is 2.15 bits per heavy atom. The van der Waals surface area contributed by atoms with Crippen LogP contribution in [0.2, 0.25) is 0 Å². The summed E-state index contributed by atoms with van der Waals surface area (Å²) in [4.78, 5) is 21.2. The highest BCUT2D eigenvalue weighted by atomic mass is 32.2. The molecule has 11 nitrogen and oxygen atoms in total. The van der Waals surface area contributed by atoms with E-state index in [9.17, 15) is 40.7 Å². The van der Waals surface area contributed by atoms with Gasteiger partial charge in [-0.2, -0.15) is 0 Å². The molecule has 1 aliphatic heterocycles. The lowest BCUT2D eigenvalue weighted by molar-refractivity contribution is -0.397. The fourth-order valence-electron chi connectivity index (χ4n) is 2.48. The molecular formula is C14H18N2O9S2. The van der Waals surface area contributed by atoms with E-state index >= 15 is 0 Å². The molecule has 0 amide bonds. The van der Waals surface area contributed by atoms with Gasteiger partial charge in [-0.05, 0) is 11.8 Å². The van der Waals surface area contributed by atoms with Crippen molar-refractivity contribution in [2.45, 2.75) is 46.6 Å². The van der Waals surface area contributed by atoms with Gasteiger partial charge in [0.2, 0.25) is 0 Å². The van der Waals surface area contributed by atoms with Crippen LogP contribution in [0.25, 0.3) is 0 Å². The Morgan fingerprint density at radius 2 is 1.63 bits per heavy atom. The number of nitro benzene ring substituents is 2. The molecule has 0 aliphatic carbocycles. The van der Waals surface area contributed by atoms with E-state index in [4.69, 9.17) is 4.74 Å². The van der Waals surface area contributed by atoms with E-state index < -0.39 is 57.7 Å². The Kier molecular flexibility index (Phi) is 7.39. The first-order valence-electron chi connectivity index (χ1n) is 7.78. The Balaban J connectivity index is 2.43. The molecule has 150 valence electrons. The number of nitro groups is 2. The van der Waals surface area contributed by atoms with Gasteiger partial charge >= 0.3 is 0 Å². The zero-order valence-electron chi connectivity index (χ0n) is 14.0. The van der Waals surface area contributed by atoms with Crippen molar-refractivity contribution in [3.05, 3.63) is 32.4 Å². The van der Waals surface area contributed by atoms with Crippen molar-refractivity contribution in [3.63, 3.8) is 0 Å². The van der Waals surface area contributed by atoms with Gasteiger partial charge in [-0.3, -0.25) is 20.2 Å². The van der Waals surface area contributed by atoms with Gasteiger partial charge in [-0.25, -0.2) is 0 Å². The molecule has 4 N–H and O–H groups in total. The highest BCUT2D eigenvalue weighted by molar-refractivity contribution is 8.00. The number of thioether (sulfide) groups is 2. The fourth-order valence-corrected chi connectivity index (χ4v) is 4.54. The van der Waals surface area contributed by atoms with Gasteiger partial charge in [-0.15, -0.1) is 11.8 Å². The number of benzene rings is 1. The Morgan fingerprint density at radius 1 is 1.04 bits per heavy atom.